The third-order valence-corrected chi connectivity index (χ3v) is 6.13. The van der Waals surface area contributed by atoms with Gasteiger partial charge in [0, 0.05) is 24.7 Å². The van der Waals surface area contributed by atoms with Gasteiger partial charge in [-0.1, -0.05) is 24.3 Å². The summed E-state index contributed by atoms with van der Waals surface area (Å²) in [6, 6.07) is 10.2. The smallest absolute Gasteiger partial charge is 0.408 e. The topological polar surface area (TPSA) is 112 Å². The number of hydrogen-bond donors (Lipinski definition) is 3. The second-order valence-corrected chi connectivity index (χ2v) is 9.73. The zero-order valence-electron chi connectivity index (χ0n) is 21.2. The van der Waals surface area contributed by atoms with E-state index in [4.69, 9.17) is 9.84 Å². The molecule has 0 radical (unpaired) electrons. The Kier molecular flexibility index (Phi) is 7.72. The number of para-hydroxylation sites is 1. The van der Waals surface area contributed by atoms with Crippen LogP contribution in [-0.4, -0.2) is 63.2 Å². The first kappa shape index (κ1) is 27.1. The van der Waals surface area contributed by atoms with Gasteiger partial charge < -0.3 is 15.2 Å². The van der Waals surface area contributed by atoms with Crippen LogP contribution in [0, 0.1) is 0 Å². The third kappa shape index (κ3) is 6.49. The molecule has 2 aromatic heterocycles. The van der Waals surface area contributed by atoms with Crippen molar-refractivity contribution in [3.63, 3.8) is 0 Å². The van der Waals surface area contributed by atoms with Crippen molar-refractivity contribution < 1.29 is 27.8 Å². The molecule has 3 N–H and O–H groups in total. The van der Waals surface area contributed by atoms with Crippen LogP contribution in [0.15, 0.2) is 53.8 Å². The van der Waals surface area contributed by atoms with E-state index in [1.807, 2.05) is 38.1 Å². The Labute approximate surface area is 217 Å². The van der Waals surface area contributed by atoms with Crippen LogP contribution < -0.4 is 15.5 Å². The maximum atomic E-state index is 14.0. The van der Waals surface area contributed by atoms with E-state index in [-0.39, 0.29) is 37.0 Å². The Morgan fingerprint density at radius 2 is 2.03 bits per heavy atom. The summed E-state index contributed by atoms with van der Waals surface area (Å²) < 4.78 is 47.9. The monoisotopic (exact) mass is 530 g/mol. The Hall–Kier alpha value is -3.93. The van der Waals surface area contributed by atoms with Gasteiger partial charge in [0.1, 0.15) is 23.1 Å². The summed E-state index contributed by atoms with van der Waals surface area (Å²) in [5.41, 5.74) is 2.97. The standard InChI is InChI=1S/C26H29F3N6O3/c1-16(2)38-20-6-4-5-17-7-9-19(32-22(17)20)14-31-34-21-10-8-18(13-30-21)23(26(27,28)29)35-12-11-25(3,15-35)33-24(36)37/h4-10,13-14,16,23,33H,11-12,15H2,1-3H3,(H,30,34)(H,36,37)/t23-,25-/m0/s1. The summed E-state index contributed by atoms with van der Waals surface area (Å²) in [6.07, 6.45) is -2.94. The molecule has 1 fully saturated rings. The first-order valence-corrected chi connectivity index (χ1v) is 12.1. The van der Waals surface area contributed by atoms with Crippen LogP contribution in [0.2, 0.25) is 0 Å². The molecule has 0 spiro atoms. The van der Waals surface area contributed by atoms with Gasteiger partial charge in [-0.05, 0) is 51.0 Å². The molecule has 0 saturated carbocycles. The van der Waals surface area contributed by atoms with Crippen LogP contribution in [0.4, 0.5) is 23.8 Å². The Morgan fingerprint density at radius 3 is 2.68 bits per heavy atom. The number of nitrogens with zero attached hydrogens (tertiary/aromatic N) is 4. The van der Waals surface area contributed by atoms with Crippen LogP contribution in [0.25, 0.3) is 10.9 Å². The number of ether oxygens (including phenoxy) is 1. The molecule has 38 heavy (non-hydrogen) atoms. The van der Waals surface area contributed by atoms with Crippen molar-refractivity contribution in [1.29, 1.82) is 0 Å². The average Bonchev–Trinajstić information content (AvgIpc) is 3.19. The number of rotatable bonds is 8. The van der Waals surface area contributed by atoms with Crippen LogP contribution in [0.3, 0.4) is 0 Å². The lowest BCUT2D eigenvalue weighted by molar-refractivity contribution is -0.184. The van der Waals surface area contributed by atoms with Gasteiger partial charge in [0.25, 0.3) is 0 Å². The second-order valence-electron chi connectivity index (χ2n) is 9.73. The highest BCUT2D eigenvalue weighted by Crippen LogP contribution is 2.41. The number of aromatic nitrogens is 2. The number of fused-ring (bicyclic) bond motifs is 1. The summed E-state index contributed by atoms with van der Waals surface area (Å²) in [4.78, 5) is 20.9. The maximum absolute atomic E-state index is 14.0. The highest BCUT2D eigenvalue weighted by molar-refractivity contribution is 5.88. The van der Waals surface area contributed by atoms with Crippen molar-refractivity contribution in [2.45, 2.75) is 51.1 Å². The molecule has 3 aromatic rings. The lowest BCUT2D eigenvalue weighted by Gasteiger charge is -2.31. The number of benzene rings is 1. The van der Waals surface area contributed by atoms with Crippen molar-refractivity contribution in [3.05, 3.63) is 59.9 Å². The molecule has 3 heterocycles. The minimum Gasteiger partial charge on any atom is -0.489 e. The molecule has 0 unspecified atom stereocenters. The Balaban J connectivity index is 1.46. The summed E-state index contributed by atoms with van der Waals surface area (Å²) in [5.74, 6) is 0.920. The average molecular weight is 531 g/mol. The number of alkyl halides is 3. The lowest BCUT2D eigenvalue weighted by atomic mass is 10.0. The number of amides is 1. The molecule has 0 bridgehead atoms. The van der Waals surface area contributed by atoms with Gasteiger partial charge in [0.05, 0.1) is 23.6 Å². The minimum absolute atomic E-state index is 0.0104. The molecular formula is C26H29F3N6O3. The predicted molar refractivity (Wildman–Crippen MR) is 138 cm³/mol. The molecular weight excluding hydrogens is 501 g/mol. The fourth-order valence-electron chi connectivity index (χ4n) is 4.54. The van der Waals surface area contributed by atoms with E-state index in [1.165, 1.54) is 23.2 Å². The van der Waals surface area contributed by atoms with Crippen LogP contribution in [0.1, 0.15) is 44.5 Å². The number of carbonyl (C=O) groups is 1. The zero-order chi connectivity index (χ0) is 27.5. The van der Waals surface area contributed by atoms with Gasteiger partial charge in [-0.3, -0.25) is 10.3 Å². The summed E-state index contributed by atoms with van der Waals surface area (Å²) >= 11 is 0. The van der Waals surface area contributed by atoms with E-state index in [0.29, 0.717) is 17.0 Å². The molecule has 202 valence electrons. The van der Waals surface area contributed by atoms with Gasteiger partial charge >= 0.3 is 12.3 Å². The van der Waals surface area contributed by atoms with Gasteiger partial charge in [0.15, 0.2) is 0 Å². The van der Waals surface area contributed by atoms with Gasteiger partial charge in [-0.15, -0.1) is 0 Å². The third-order valence-electron chi connectivity index (χ3n) is 6.13. The van der Waals surface area contributed by atoms with Crippen molar-refractivity contribution in [3.8, 4) is 5.75 Å². The molecule has 12 heteroatoms. The minimum atomic E-state index is -4.57. The molecule has 4 rings (SSSR count). The zero-order valence-corrected chi connectivity index (χ0v) is 21.2. The summed E-state index contributed by atoms with van der Waals surface area (Å²) in [5, 5.41) is 16.4. The number of nitrogens with one attached hydrogen (secondary N) is 2. The second kappa shape index (κ2) is 10.8. The van der Waals surface area contributed by atoms with Gasteiger partial charge in [0.2, 0.25) is 0 Å². The van der Waals surface area contributed by atoms with Crippen LogP contribution in [0.5, 0.6) is 5.75 Å². The lowest BCUT2D eigenvalue weighted by Crippen LogP contribution is -2.48. The fourth-order valence-corrected chi connectivity index (χ4v) is 4.54. The van der Waals surface area contributed by atoms with Crippen LogP contribution in [-0.2, 0) is 0 Å². The Bertz CT molecular complexity index is 1320. The SMILES string of the molecule is CC(C)Oc1cccc2ccc(C=NNc3ccc([C@H](N4CC[C@](C)(NC(=O)O)C4)C(F)(F)F)cn3)nc12. The van der Waals surface area contributed by atoms with Crippen molar-refractivity contribution in [2.75, 3.05) is 18.5 Å². The van der Waals surface area contributed by atoms with E-state index in [1.54, 1.807) is 13.0 Å². The first-order chi connectivity index (χ1) is 17.9. The predicted octanol–water partition coefficient (Wildman–Crippen LogP) is 5.20. The number of carboxylic acid groups (broad SMARTS) is 1. The highest BCUT2D eigenvalue weighted by atomic mass is 19.4. The van der Waals surface area contributed by atoms with E-state index < -0.39 is 23.9 Å². The van der Waals surface area contributed by atoms with Crippen molar-refractivity contribution in [2.24, 2.45) is 5.10 Å². The summed E-state index contributed by atoms with van der Waals surface area (Å²) in [6.45, 7) is 5.48. The maximum Gasteiger partial charge on any atom is 0.408 e. The largest absolute Gasteiger partial charge is 0.489 e. The van der Waals surface area contributed by atoms with Gasteiger partial charge in [-0.25, -0.2) is 14.8 Å². The normalized spacial score (nSPS) is 19.2. The van der Waals surface area contributed by atoms with E-state index >= 15 is 0 Å². The number of pyridine rings is 2. The number of hydrazone groups is 1. The molecule has 1 aliphatic rings. The molecule has 1 aliphatic heterocycles. The van der Waals surface area contributed by atoms with E-state index in [2.05, 4.69) is 25.8 Å². The van der Waals surface area contributed by atoms with E-state index in [9.17, 15) is 18.0 Å². The van der Waals surface area contributed by atoms with E-state index in [0.717, 1.165) is 11.6 Å². The van der Waals surface area contributed by atoms with Crippen LogP contribution >= 0.6 is 0 Å². The number of anilines is 1. The quantitative estimate of drug-likeness (QED) is 0.271. The number of halogens is 3. The molecule has 1 saturated heterocycles. The fraction of sp³-hybridized carbons (Fsp3) is 0.385. The Morgan fingerprint density at radius 1 is 1.24 bits per heavy atom. The molecule has 9 nitrogen and oxygen atoms in total. The molecule has 0 aliphatic carbocycles. The molecule has 1 aromatic carbocycles. The summed E-state index contributed by atoms with van der Waals surface area (Å²) in [7, 11) is 0. The first-order valence-electron chi connectivity index (χ1n) is 12.1. The molecule has 2 atom stereocenters. The number of likely N-dealkylation sites (tertiary alicyclic amines) is 1. The number of hydrogen-bond acceptors (Lipinski definition) is 7. The van der Waals surface area contributed by atoms with Gasteiger partial charge in [-0.2, -0.15) is 18.3 Å². The highest BCUT2D eigenvalue weighted by Gasteiger charge is 2.49. The molecule has 1 amide bonds. The van der Waals surface area contributed by atoms with Crippen molar-refractivity contribution >= 4 is 29.0 Å². The van der Waals surface area contributed by atoms with Crippen molar-refractivity contribution in [1.82, 2.24) is 20.2 Å².